The Morgan fingerprint density at radius 2 is 1.00 bits per heavy atom. The van der Waals surface area contributed by atoms with E-state index >= 15 is 0 Å². The highest BCUT2D eigenvalue weighted by Crippen LogP contribution is 2.49. The average Bonchev–Trinajstić information content (AvgIpc) is 3.60. The molecule has 0 saturated carbocycles. The molecule has 7 aromatic carbocycles. The number of para-hydroxylation sites is 1. The average molecular weight is 619 g/mol. The van der Waals surface area contributed by atoms with Gasteiger partial charge in [-0.1, -0.05) is 113 Å². The van der Waals surface area contributed by atoms with E-state index in [1.807, 2.05) is 0 Å². The molecule has 0 bridgehead atoms. The predicted molar refractivity (Wildman–Crippen MR) is 205 cm³/mol. The Bertz CT molecular complexity index is 2770. The lowest BCUT2D eigenvalue weighted by atomic mass is 9.63. The molecular formula is C46H38N2. The van der Waals surface area contributed by atoms with Crippen LogP contribution in [0.25, 0.3) is 76.5 Å². The van der Waals surface area contributed by atoms with Crippen LogP contribution in [0.2, 0.25) is 0 Å². The standard InChI is InChI=1S/C46H38N2/c1-45(2)23-24-46(3,4)38-27-41-35(26-37(38)45)34-25-36-43(28-42(34)47(41)31-16-6-5-7-17-31)48(39-20-12-15-29-13-8-10-18-32(29)39)40-22-21-30-14-9-11-19-33(30)44(36)40/h5-22,25-28H,23-24H2,1-4H3. The topological polar surface area (TPSA) is 9.86 Å². The molecular weight excluding hydrogens is 581 g/mol. The lowest BCUT2D eigenvalue weighted by Crippen LogP contribution is -2.33. The summed E-state index contributed by atoms with van der Waals surface area (Å²) in [6, 6.07) is 50.0. The zero-order chi connectivity index (χ0) is 32.4. The summed E-state index contributed by atoms with van der Waals surface area (Å²) < 4.78 is 5.04. The molecule has 232 valence electrons. The van der Waals surface area contributed by atoms with Crippen LogP contribution in [0.15, 0.2) is 133 Å². The number of benzene rings is 7. The summed E-state index contributed by atoms with van der Waals surface area (Å²) in [5, 5.41) is 10.3. The van der Waals surface area contributed by atoms with Crippen molar-refractivity contribution in [2.24, 2.45) is 0 Å². The minimum Gasteiger partial charge on any atom is -0.309 e. The number of fused-ring (bicyclic) bond motifs is 10. The van der Waals surface area contributed by atoms with Gasteiger partial charge in [-0.15, -0.1) is 0 Å². The van der Waals surface area contributed by atoms with Crippen molar-refractivity contribution in [3.05, 3.63) is 145 Å². The quantitative estimate of drug-likeness (QED) is 0.182. The Morgan fingerprint density at radius 1 is 0.417 bits per heavy atom. The van der Waals surface area contributed by atoms with Gasteiger partial charge in [-0.2, -0.15) is 0 Å². The first-order chi connectivity index (χ1) is 23.3. The van der Waals surface area contributed by atoms with Crippen LogP contribution in [-0.4, -0.2) is 9.13 Å². The summed E-state index contributed by atoms with van der Waals surface area (Å²) in [5.41, 5.74) is 10.7. The van der Waals surface area contributed by atoms with Gasteiger partial charge in [0.2, 0.25) is 0 Å². The molecule has 2 heterocycles. The van der Waals surface area contributed by atoms with Gasteiger partial charge in [-0.25, -0.2) is 0 Å². The van der Waals surface area contributed by atoms with Crippen LogP contribution in [0.5, 0.6) is 0 Å². The fourth-order valence-corrected chi connectivity index (χ4v) is 8.87. The van der Waals surface area contributed by atoms with Crippen molar-refractivity contribution in [3.63, 3.8) is 0 Å². The molecule has 48 heavy (non-hydrogen) atoms. The Hall–Kier alpha value is -5.34. The van der Waals surface area contributed by atoms with E-state index in [1.54, 1.807) is 0 Å². The Balaban J connectivity index is 1.44. The van der Waals surface area contributed by atoms with Crippen molar-refractivity contribution in [3.8, 4) is 11.4 Å². The van der Waals surface area contributed by atoms with Gasteiger partial charge in [0.1, 0.15) is 0 Å². The maximum atomic E-state index is 2.56. The summed E-state index contributed by atoms with van der Waals surface area (Å²) >= 11 is 0. The summed E-state index contributed by atoms with van der Waals surface area (Å²) in [5.74, 6) is 0. The second-order valence-corrected chi connectivity index (χ2v) is 15.3. The third-order valence-corrected chi connectivity index (χ3v) is 11.5. The minimum absolute atomic E-state index is 0.127. The molecule has 0 atom stereocenters. The predicted octanol–water partition coefficient (Wildman–Crippen LogP) is 12.5. The molecule has 2 aromatic heterocycles. The fraction of sp³-hybridized carbons (Fsp3) is 0.174. The second kappa shape index (κ2) is 9.61. The molecule has 0 spiro atoms. The number of nitrogens with zero attached hydrogens (tertiary/aromatic N) is 2. The third kappa shape index (κ3) is 3.75. The van der Waals surface area contributed by atoms with E-state index < -0.39 is 0 Å². The maximum absolute atomic E-state index is 2.56. The molecule has 10 rings (SSSR count). The molecule has 0 fully saturated rings. The first-order valence-corrected chi connectivity index (χ1v) is 17.3. The monoisotopic (exact) mass is 618 g/mol. The van der Waals surface area contributed by atoms with Gasteiger partial charge in [-0.05, 0) is 99.5 Å². The molecule has 2 heteroatoms. The van der Waals surface area contributed by atoms with E-state index in [1.165, 1.54) is 100 Å². The van der Waals surface area contributed by atoms with Crippen LogP contribution in [-0.2, 0) is 10.8 Å². The Labute approximate surface area is 280 Å². The molecule has 0 radical (unpaired) electrons. The van der Waals surface area contributed by atoms with Crippen molar-refractivity contribution in [1.82, 2.24) is 9.13 Å². The third-order valence-electron chi connectivity index (χ3n) is 11.5. The number of hydrogen-bond donors (Lipinski definition) is 0. The molecule has 1 aliphatic carbocycles. The van der Waals surface area contributed by atoms with Crippen LogP contribution < -0.4 is 0 Å². The van der Waals surface area contributed by atoms with Gasteiger partial charge in [-0.3, -0.25) is 0 Å². The molecule has 0 N–H and O–H groups in total. The lowest BCUT2D eigenvalue weighted by Gasteiger charge is -2.42. The van der Waals surface area contributed by atoms with E-state index in [9.17, 15) is 0 Å². The highest BCUT2D eigenvalue weighted by Gasteiger charge is 2.38. The van der Waals surface area contributed by atoms with Crippen LogP contribution in [0.3, 0.4) is 0 Å². The van der Waals surface area contributed by atoms with E-state index in [4.69, 9.17) is 0 Å². The molecule has 2 nitrogen and oxygen atoms in total. The second-order valence-electron chi connectivity index (χ2n) is 15.3. The highest BCUT2D eigenvalue weighted by molar-refractivity contribution is 6.25. The molecule has 0 saturated heterocycles. The normalized spacial score (nSPS) is 15.7. The smallest absolute Gasteiger partial charge is 0.0562 e. The maximum Gasteiger partial charge on any atom is 0.0562 e. The number of aromatic nitrogens is 2. The lowest BCUT2D eigenvalue weighted by molar-refractivity contribution is 0.332. The SMILES string of the molecule is CC1(C)CCC(C)(C)c2cc3c(cc21)c1cc2c4c5ccccc5ccc4n(-c4cccc5ccccc45)c2cc1n3-c1ccccc1. The van der Waals surface area contributed by atoms with E-state index in [0.29, 0.717) is 0 Å². The van der Waals surface area contributed by atoms with Gasteiger partial charge >= 0.3 is 0 Å². The van der Waals surface area contributed by atoms with Crippen LogP contribution in [0.4, 0.5) is 0 Å². The van der Waals surface area contributed by atoms with E-state index in [-0.39, 0.29) is 10.8 Å². The van der Waals surface area contributed by atoms with Gasteiger partial charge in [0, 0.05) is 32.6 Å². The van der Waals surface area contributed by atoms with Crippen molar-refractivity contribution in [1.29, 1.82) is 0 Å². The van der Waals surface area contributed by atoms with Gasteiger partial charge in [0.15, 0.2) is 0 Å². The van der Waals surface area contributed by atoms with Crippen molar-refractivity contribution in [2.45, 2.75) is 51.4 Å². The van der Waals surface area contributed by atoms with Gasteiger partial charge < -0.3 is 9.13 Å². The van der Waals surface area contributed by atoms with Crippen molar-refractivity contribution in [2.75, 3.05) is 0 Å². The summed E-state index contributed by atoms with van der Waals surface area (Å²) in [6.45, 7) is 9.74. The minimum atomic E-state index is 0.127. The summed E-state index contributed by atoms with van der Waals surface area (Å²) in [4.78, 5) is 0. The van der Waals surface area contributed by atoms with Gasteiger partial charge in [0.05, 0.1) is 27.8 Å². The van der Waals surface area contributed by atoms with Crippen molar-refractivity contribution < 1.29 is 0 Å². The first kappa shape index (κ1) is 27.7. The number of hydrogen-bond acceptors (Lipinski definition) is 0. The largest absolute Gasteiger partial charge is 0.309 e. The Kier molecular flexibility index (Phi) is 5.55. The zero-order valence-corrected chi connectivity index (χ0v) is 28.0. The summed E-state index contributed by atoms with van der Waals surface area (Å²) in [7, 11) is 0. The molecule has 0 amide bonds. The van der Waals surface area contributed by atoms with Crippen LogP contribution >= 0.6 is 0 Å². The van der Waals surface area contributed by atoms with Crippen LogP contribution in [0, 0.1) is 0 Å². The van der Waals surface area contributed by atoms with E-state index in [2.05, 4.69) is 170 Å². The molecule has 0 aliphatic heterocycles. The fourth-order valence-electron chi connectivity index (χ4n) is 8.87. The summed E-state index contributed by atoms with van der Waals surface area (Å²) in [6.07, 6.45) is 2.40. The van der Waals surface area contributed by atoms with Gasteiger partial charge in [0.25, 0.3) is 0 Å². The molecule has 9 aromatic rings. The Morgan fingerprint density at radius 3 is 1.77 bits per heavy atom. The van der Waals surface area contributed by atoms with Crippen LogP contribution in [0.1, 0.15) is 51.7 Å². The molecule has 1 aliphatic rings. The molecule has 0 unspecified atom stereocenters. The first-order valence-electron chi connectivity index (χ1n) is 17.3. The zero-order valence-electron chi connectivity index (χ0n) is 28.0. The highest BCUT2D eigenvalue weighted by atomic mass is 15.0. The van der Waals surface area contributed by atoms with E-state index in [0.717, 1.165) is 0 Å². The van der Waals surface area contributed by atoms with Crippen molar-refractivity contribution >= 4 is 65.2 Å². The number of rotatable bonds is 2.